The van der Waals surface area contributed by atoms with Gasteiger partial charge in [0.25, 0.3) is 5.91 Å². The quantitative estimate of drug-likeness (QED) is 0.289. The van der Waals surface area contributed by atoms with Gasteiger partial charge in [-0.25, -0.2) is 0 Å². The molecular weight excluding hydrogens is 494 g/mol. The zero-order chi connectivity index (χ0) is 25.9. The van der Waals surface area contributed by atoms with Crippen LogP contribution in [0.4, 0.5) is 0 Å². The molecule has 0 radical (unpaired) electrons. The van der Waals surface area contributed by atoms with Gasteiger partial charge in [-0.2, -0.15) is 5.10 Å². The van der Waals surface area contributed by atoms with E-state index >= 15 is 0 Å². The van der Waals surface area contributed by atoms with Gasteiger partial charge in [-0.1, -0.05) is 48.0 Å². The van der Waals surface area contributed by atoms with Crippen LogP contribution in [0.15, 0.2) is 66.7 Å². The number of phenolic OH excluding ortho intramolecular Hbond substituents is 1. The zero-order valence-corrected chi connectivity index (χ0v) is 20.9. The van der Waals surface area contributed by atoms with E-state index in [1.807, 2.05) is 55.5 Å². The summed E-state index contributed by atoms with van der Waals surface area (Å²) in [4.78, 5) is 14.9. The number of ether oxygens (including phenoxy) is 2. The third-order valence-corrected chi connectivity index (χ3v) is 6.47. The number of fused-ring (bicyclic) bond motifs is 1. The first kappa shape index (κ1) is 24.7. The lowest BCUT2D eigenvalue weighted by Gasteiger charge is -2.26. The Morgan fingerprint density at radius 1 is 1.05 bits per heavy atom. The maximum atomic E-state index is 13.3. The van der Waals surface area contributed by atoms with Gasteiger partial charge in [-0.3, -0.25) is 9.89 Å². The molecule has 37 heavy (non-hydrogen) atoms. The van der Waals surface area contributed by atoms with Crippen LogP contribution in [-0.4, -0.2) is 51.0 Å². The Hall–Kier alpha value is -4.01. The summed E-state index contributed by atoms with van der Waals surface area (Å²) >= 11 is 6.20. The molecule has 1 aromatic heterocycles. The van der Waals surface area contributed by atoms with Crippen molar-refractivity contribution in [2.45, 2.75) is 19.6 Å². The number of benzene rings is 3. The van der Waals surface area contributed by atoms with Gasteiger partial charge in [0, 0.05) is 22.7 Å². The molecule has 5 rings (SSSR count). The van der Waals surface area contributed by atoms with E-state index in [1.54, 1.807) is 17.0 Å². The van der Waals surface area contributed by atoms with E-state index in [0.29, 0.717) is 52.3 Å². The second-order valence-electron chi connectivity index (χ2n) is 8.56. The van der Waals surface area contributed by atoms with E-state index in [2.05, 4.69) is 10.2 Å². The number of nitrogens with one attached hydrogen (secondary N) is 1. The summed E-state index contributed by atoms with van der Waals surface area (Å²) in [5, 5.41) is 27.9. The van der Waals surface area contributed by atoms with Gasteiger partial charge in [0.2, 0.25) is 0 Å². The third kappa shape index (κ3) is 4.73. The summed E-state index contributed by atoms with van der Waals surface area (Å²) in [6, 6.07) is 19.5. The first-order valence-corrected chi connectivity index (χ1v) is 12.3. The Balaban J connectivity index is 1.57. The lowest BCUT2D eigenvalue weighted by atomic mass is 9.95. The van der Waals surface area contributed by atoms with E-state index in [4.69, 9.17) is 21.1 Å². The van der Waals surface area contributed by atoms with Crippen molar-refractivity contribution in [1.29, 1.82) is 0 Å². The Labute approximate surface area is 219 Å². The number of aromatic amines is 1. The predicted molar refractivity (Wildman–Crippen MR) is 139 cm³/mol. The summed E-state index contributed by atoms with van der Waals surface area (Å²) in [6.07, 6.45) is 0. The van der Waals surface area contributed by atoms with Crippen molar-refractivity contribution >= 4 is 17.5 Å². The molecule has 0 fully saturated rings. The number of aromatic hydroxyl groups is 1. The molecule has 3 aromatic carbocycles. The number of hydrogen-bond acceptors (Lipinski definition) is 6. The second kappa shape index (κ2) is 10.5. The minimum atomic E-state index is -0.579. The highest BCUT2D eigenvalue weighted by molar-refractivity contribution is 6.31. The van der Waals surface area contributed by atoms with Crippen molar-refractivity contribution in [3.63, 3.8) is 0 Å². The van der Waals surface area contributed by atoms with Crippen molar-refractivity contribution in [2.75, 3.05) is 19.8 Å². The minimum absolute atomic E-state index is 0.00910. The average molecular weight is 520 g/mol. The Bertz CT molecular complexity index is 1420. The molecule has 1 unspecified atom stereocenters. The highest BCUT2D eigenvalue weighted by Gasteiger charge is 2.42. The lowest BCUT2D eigenvalue weighted by molar-refractivity contribution is 0.0706. The molecule has 1 amide bonds. The Morgan fingerprint density at radius 3 is 2.62 bits per heavy atom. The first-order valence-electron chi connectivity index (χ1n) is 11.9. The summed E-state index contributed by atoms with van der Waals surface area (Å²) in [6.45, 7) is 2.59. The molecule has 1 aliphatic rings. The molecule has 0 aliphatic carbocycles. The van der Waals surface area contributed by atoms with E-state index in [0.717, 1.165) is 11.1 Å². The molecule has 4 aromatic rings. The number of H-pyrrole nitrogens is 1. The van der Waals surface area contributed by atoms with E-state index in [-0.39, 0.29) is 24.8 Å². The number of β-amino-alcohol motifs (C(OH)–C–C–N with tert-alkyl or cyclic N) is 1. The van der Waals surface area contributed by atoms with Crippen LogP contribution in [0.3, 0.4) is 0 Å². The van der Waals surface area contributed by atoms with Gasteiger partial charge in [0.1, 0.15) is 23.7 Å². The van der Waals surface area contributed by atoms with Crippen molar-refractivity contribution < 1.29 is 24.5 Å². The smallest absolute Gasteiger partial charge is 0.273 e. The normalized spacial score (nSPS) is 14.6. The van der Waals surface area contributed by atoms with Gasteiger partial charge in [-0.05, 0) is 48.4 Å². The topological polar surface area (TPSA) is 108 Å². The van der Waals surface area contributed by atoms with Crippen LogP contribution in [0.2, 0.25) is 5.02 Å². The number of carbonyl (C=O) groups is 1. The standard InChI is InChI=1S/C28H26ClN3O5/c1-2-36-23-14-18(8-11-22(23)37-16-17-6-4-3-5-7-17)27-24-25(20-15-19(29)9-10-21(20)34)30-31-26(24)28(35)32(27)12-13-33/h3-11,14-15,27,33-34H,2,12-13,16H2,1H3,(H,30,31). The fourth-order valence-corrected chi connectivity index (χ4v) is 4.77. The molecule has 0 bridgehead atoms. The number of phenols is 1. The van der Waals surface area contributed by atoms with Crippen LogP contribution >= 0.6 is 11.6 Å². The molecule has 190 valence electrons. The Kier molecular flexibility index (Phi) is 7.03. The van der Waals surface area contributed by atoms with Crippen LogP contribution in [0.5, 0.6) is 17.2 Å². The van der Waals surface area contributed by atoms with E-state index in [1.165, 1.54) is 6.07 Å². The largest absolute Gasteiger partial charge is 0.507 e. The summed E-state index contributed by atoms with van der Waals surface area (Å²) in [5.41, 5.74) is 3.49. The molecule has 3 N–H and O–H groups in total. The SMILES string of the molecule is CCOc1cc(C2c3c(-c4cc(Cl)ccc4O)n[nH]c3C(=O)N2CCO)ccc1OCc1ccccc1. The molecule has 2 heterocycles. The van der Waals surface area contributed by atoms with E-state index in [9.17, 15) is 15.0 Å². The zero-order valence-electron chi connectivity index (χ0n) is 20.1. The van der Waals surface area contributed by atoms with Gasteiger partial charge < -0.3 is 24.6 Å². The highest BCUT2D eigenvalue weighted by atomic mass is 35.5. The number of rotatable bonds is 9. The number of halogens is 1. The number of aromatic nitrogens is 2. The Morgan fingerprint density at radius 2 is 1.86 bits per heavy atom. The molecular formula is C28H26ClN3O5. The van der Waals surface area contributed by atoms with Crippen LogP contribution in [-0.2, 0) is 6.61 Å². The van der Waals surface area contributed by atoms with Crippen molar-refractivity contribution in [3.8, 4) is 28.5 Å². The fourth-order valence-electron chi connectivity index (χ4n) is 4.60. The van der Waals surface area contributed by atoms with Crippen molar-refractivity contribution in [1.82, 2.24) is 15.1 Å². The van der Waals surface area contributed by atoms with Crippen molar-refractivity contribution in [3.05, 3.63) is 94.1 Å². The molecule has 0 spiro atoms. The van der Waals surface area contributed by atoms with Crippen LogP contribution in [0.1, 0.15) is 40.1 Å². The average Bonchev–Trinajstić information content (AvgIpc) is 3.45. The lowest BCUT2D eigenvalue weighted by Crippen LogP contribution is -2.32. The highest BCUT2D eigenvalue weighted by Crippen LogP contribution is 2.46. The maximum absolute atomic E-state index is 13.3. The van der Waals surface area contributed by atoms with Crippen LogP contribution in [0, 0.1) is 0 Å². The number of aliphatic hydroxyl groups excluding tert-OH is 1. The predicted octanol–water partition coefficient (Wildman–Crippen LogP) is 4.95. The fraction of sp³-hybridized carbons (Fsp3) is 0.214. The monoisotopic (exact) mass is 519 g/mol. The number of nitrogens with zero attached hydrogens (tertiary/aromatic N) is 2. The maximum Gasteiger partial charge on any atom is 0.273 e. The molecule has 1 aliphatic heterocycles. The third-order valence-electron chi connectivity index (χ3n) is 6.24. The molecule has 8 nitrogen and oxygen atoms in total. The number of carbonyl (C=O) groups excluding carboxylic acids is 1. The minimum Gasteiger partial charge on any atom is -0.507 e. The summed E-state index contributed by atoms with van der Waals surface area (Å²) < 4.78 is 12.0. The number of hydrogen-bond donors (Lipinski definition) is 3. The molecule has 0 saturated carbocycles. The second-order valence-corrected chi connectivity index (χ2v) is 9.00. The molecule has 0 saturated heterocycles. The van der Waals surface area contributed by atoms with Crippen LogP contribution in [0.25, 0.3) is 11.3 Å². The van der Waals surface area contributed by atoms with Gasteiger partial charge >= 0.3 is 0 Å². The summed E-state index contributed by atoms with van der Waals surface area (Å²) in [5.74, 6) is 0.811. The van der Waals surface area contributed by atoms with Gasteiger partial charge in [0.05, 0.1) is 19.3 Å². The molecule has 1 atom stereocenters. The van der Waals surface area contributed by atoms with Crippen LogP contribution < -0.4 is 9.47 Å². The number of amides is 1. The van der Waals surface area contributed by atoms with Gasteiger partial charge in [0.15, 0.2) is 11.5 Å². The molecule has 9 heteroatoms. The first-order chi connectivity index (χ1) is 18.0. The van der Waals surface area contributed by atoms with Gasteiger partial charge in [-0.15, -0.1) is 0 Å². The number of aliphatic hydroxyl groups is 1. The van der Waals surface area contributed by atoms with E-state index < -0.39 is 6.04 Å². The van der Waals surface area contributed by atoms with Crippen molar-refractivity contribution in [2.24, 2.45) is 0 Å². The summed E-state index contributed by atoms with van der Waals surface area (Å²) in [7, 11) is 0.